The average molecular weight is 457 g/mol. The molecule has 176 valence electrons. The van der Waals surface area contributed by atoms with Gasteiger partial charge in [-0.3, -0.25) is 19.0 Å². The minimum atomic E-state index is -0.702. The number of hydrogen-bond donors (Lipinski definition) is 2. The van der Waals surface area contributed by atoms with Gasteiger partial charge in [-0.25, -0.2) is 9.37 Å². The van der Waals surface area contributed by atoms with E-state index < -0.39 is 23.3 Å². The SMILES string of the molecule is CN1C(=O)CCCCCc2cc(F)ccc2CNC(=O)c2nc3n(c(=O)c2O)CCCCC31. The molecule has 8 nitrogen and oxygen atoms in total. The largest absolute Gasteiger partial charge is 0.501 e. The average Bonchev–Trinajstić information content (AvgIpc) is 3.01. The molecule has 2 bridgehead atoms. The zero-order valence-corrected chi connectivity index (χ0v) is 18.8. The van der Waals surface area contributed by atoms with E-state index in [1.54, 1.807) is 18.0 Å². The van der Waals surface area contributed by atoms with Gasteiger partial charge >= 0.3 is 0 Å². The topological polar surface area (TPSA) is 105 Å². The molecule has 0 fully saturated rings. The summed E-state index contributed by atoms with van der Waals surface area (Å²) in [5, 5.41) is 13.2. The summed E-state index contributed by atoms with van der Waals surface area (Å²) in [6.45, 7) is 0.490. The zero-order chi connectivity index (χ0) is 23.5. The minimum absolute atomic E-state index is 0.0553. The van der Waals surface area contributed by atoms with E-state index in [1.165, 1.54) is 16.7 Å². The van der Waals surface area contributed by atoms with Crippen molar-refractivity contribution >= 4 is 11.8 Å². The number of carbonyl (C=O) groups excluding carboxylic acids is 2. The zero-order valence-electron chi connectivity index (χ0n) is 18.8. The van der Waals surface area contributed by atoms with Crippen LogP contribution in [-0.2, 0) is 24.3 Å². The Bertz CT molecular complexity index is 1130. The molecule has 2 aliphatic heterocycles. The molecule has 4 rings (SSSR count). The van der Waals surface area contributed by atoms with Gasteiger partial charge in [-0.2, -0.15) is 0 Å². The highest BCUT2D eigenvalue weighted by Crippen LogP contribution is 2.29. The van der Waals surface area contributed by atoms with Gasteiger partial charge in [-0.15, -0.1) is 0 Å². The molecule has 1 atom stereocenters. The lowest BCUT2D eigenvalue weighted by molar-refractivity contribution is -0.132. The highest BCUT2D eigenvalue weighted by molar-refractivity contribution is 5.94. The number of carbonyl (C=O) groups is 2. The number of hydrogen-bond acceptors (Lipinski definition) is 5. The van der Waals surface area contributed by atoms with E-state index in [2.05, 4.69) is 10.3 Å². The molecule has 1 unspecified atom stereocenters. The Morgan fingerprint density at radius 3 is 2.67 bits per heavy atom. The Hall–Kier alpha value is -3.23. The van der Waals surface area contributed by atoms with Gasteiger partial charge < -0.3 is 15.3 Å². The monoisotopic (exact) mass is 456 g/mol. The quantitative estimate of drug-likeness (QED) is 0.634. The molecule has 33 heavy (non-hydrogen) atoms. The van der Waals surface area contributed by atoms with Gasteiger partial charge in [0.1, 0.15) is 11.6 Å². The lowest BCUT2D eigenvalue weighted by atomic mass is 10.00. The number of fused-ring (bicyclic) bond motifs is 2. The highest BCUT2D eigenvalue weighted by atomic mass is 19.1. The van der Waals surface area contributed by atoms with Gasteiger partial charge in [-0.05, 0) is 61.8 Å². The Morgan fingerprint density at radius 1 is 1.06 bits per heavy atom. The smallest absolute Gasteiger partial charge is 0.296 e. The Labute approximate surface area is 191 Å². The van der Waals surface area contributed by atoms with Crippen molar-refractivity contribution in [1.29, 1.82) is 0 Å². The van der Waals surface area contributed by atoms with E-state index in [0.29, 0.717) is 44.5 Å². The molecule has 3 heterocycles. The van der Waals surface area contributed by atoms with Crippen LogP contribution in [0.15, 0.2) is 23.0 Å². The van der Waals surface area contributed by atoms with Crippen LogP contribution in [0.25, 0.3) is 0 Å². The number of nitrogens with one attached hydrogen (secondary N) is 1. The predicted molar refractivity (Wildman–Crippen MR) is 119 cm³/mol. The van der Waals surface area contributed by atoms with Crippen LogP contribution in [-0.4, -0.2) is 38.4 Å². The van der Waals surface area contributed by atoms with Crippen LogP contribution < -0.4 is 10.9 Å². The van der Waals surface area contributed by atoms with Crippen molar-refractivity contribution in [2.75, 3.05) is 7.05 Å². The lowest BCUT2D eigenvalue weighted by Crippen LogP contribution is -2.37. The third kappa shape index (κ3) is 4.77. The summed E-state index contributed by atoms with van der Waals surface area (Å²) < 4.78 is 15.2. The molecule has 9 heteroatoms. The van der Waals surface area contributed by atoms with Crippen molar-refractivity contribution in [3.63, 3.8) is 0 Å². The van der Waals surface area contributed by atoms with Crippen LogP contribution >= 0.6 is 0 Å². The fraction of sp³-hybridized carbons (Fsp3) is 0.500. The first-order chi connectivity index (χ1) is 15.9. The summed E-state index contributed by atoms with van der Waals surface area (Å²) in [6.07, 6.45) is 5.44. The van der Waals surface area contributed by atoms with E-state index >= 15 is 0 Å². The molecule has 0 aliphatic carbocycles. The van der Waals surface area contributed by atoms with Gasteiger partial charge in [0.25, 0.3) is 11.5 Å². The number of amides is 2. The highest BCUT2D eigenvalue weighted by Gasteiger charge is 2.31. The van der Waals surface area contributed by atoms with Gasteiger partial charge in [0.05, 0.1) is 6.04 Å². The summed E-state index contributed by atoms with van der Waals surface area (Å²) in [5.41, 5.74) is 0.512. The normalized spacial score (nSPS) is 20.1. The van der Waals surface area contributed by atoms with Crippen LogP contribution in [0, 0.1) is 5.82 Å². The van der Waals surface area contributed by atoms with Gasteiger partial charge in [0.2, 0.25) is 11.7 Å². The fourth-order valence-corrected chi connectivity index (χ4v) is 4.67. The standard InChI is InChI=1S/C24H29FN4O4/c1-28-18-8-5-6-12-29-22(18)27-20(21(31)24(29)33)23(32)26-14-16-10-11-17(25)13-15(16)7-3-2-4-9-19(28)30/h10-11,13,18,31H,2-9,12,14H2,1H3,(H,26,32). The number of aryl methyl sites for hydroxylation is 1. The summed E-state index contributed by atoms with van der Waals surface area (Å²) in [6, 6.07) is 3.98. The number of aromatic nitrogens is 2. The molecule has 2 amide bonds. The van der Waals surface area contributed by atoms with Crippen LogP contribution in [0.4, 0.5) is 4.39 Å². The second kappa shape index (κ2) is 9.72. The maximum absolute atomic E-state index is 13.8. The Morgan fingerprint density at radius 2 is 1.85 bits per heavy atom. The predicted octanol–water partition coefficient (Wildman–Crippen LogP) is 2.82. The van der Waals surface area contributed by atoms with Crippen LogP contribution in [0.5, 0.6) is 5.75 Å². The number of halogens is 1. The summed E-state index contributed by atoms with van der Waals surface area (Å²) in [7, 11) is 1.70. The van der Waals surface area contributed by atoms with Crippen molar-refractivity contribution in [3.8, 4) is 5.75 Å². The van der Waals surface area contributed by atoms with Gasteiger partial charge in [0, 0.05) is 26.6 Å². The summed E-state index contributed by atoms with van der Waals surface area (Å²) in [5.74, 6) is -1.47. The van der Waals surface area contributed by atoms with Crippen molar-refractivity contribution < 1.29 is 19.1 Å². The molecule has 0 spiro atoms. The van der Waals surface area contributed by atoms with E-state index in [0.717, 1.165) is 30.4 Å². The number of aromatic hydroxyl groups is 1. The molecule has 0 radical (unpaired) electrons. The maximum atomic E-state index is 13.8. The van der Waals surface area contributed by atoms with E-state index in [-0.39, 0.29) is 24.0 Å². The van der Waals surface area contributed by atoms with Crippen molar-refractivity contribution in [2.24, 2.45) is 0 Å². The number of benzene rings is 1. The van der Waals surface area contributed by atoms with Crippen LogP contribution in [0.2, 0.25) is 0 Å². The number of nitrogens with zero attached hydrogens (tertiary/aromatic N) is 3. The minimum Gasteiger partial charge on any atom is -0.501 e. The summed E-state index contributed by atoms with van der Waals surface area (Å²) in [4.78, 5) is 44.8. The molecule has 2 N–H and O–H groups in total. The van der Waals surface area contributed by atoms with Crippen molar-refractivity contribution in [2.45, 2.75) is 70.5 Å². The second-order valence-corrected chi connectivity index (χ2v) is 8.80. The molecule has 1 aromatic carbocycles. The second-order valence-electron chi connectivity index (χ2n) is 8.80. The molecule has 1 aromatic heterocycles. The molecule has 2 aromatic rings. The van der Waals surface area contributed by atoms with Crippen molar-refractivity contribution in [1.82, 2.24) is 19.8 Å². The molecule has 0 saturated heterocycles. The third-order valence-electron chi connectivity index (χ3n) is 6.60. The molecular formula is C24H29FN4O4. The van der Waals surface area contributed by atoms with Gasteiger partial charge in [0.15, 0.2) is 5.69 Å². The molecule has 2 aliphatic rings. The van der Waals surface area contributed by atoms with E-state index in [1.807, 2.05) is 0 Å². The van der Waals surface area contributed by atoms with Crippen molar-refractivity contribution in [3.05, 3.63) is 57.0 Å². The Kier molecular flexibility index (Phi) is 6.76. The third-order valence-corrected chi connectivity index (χ3v) is 6.60. The van der Waals surface area contributed by atoms with E-state index in [4.69, 9.17) is 0 Å². The molecular weight excluding hydrogens is 427 g/mol. The lowest BCUT2D eigenvalue weighted by Gasteiger charge is -2.28. The van der Waals surface area contributed by atoms with Gasteiger partial charge in [-0.1, -0.05) is 12.5 Å². The van der Waals surface area contributed by atoms with E-state index in [9.17, 15) is 23.9 Å². The first-order valence-electron chi connectivity index (χ1n) is 11.5. The van der Waals surface area contributed by atoms with Crippen LogP contribution in [0.1, 0.15) is 78.4 Å². The first kappa shape index (κ1) is 22.9. The first-order valence-corrected chi connectivity index (χ1v) is 11.5. The fourth-order valence-electron chi connectivity index (χ4n) is 4.67. The molecule has 0 saturated carbocycles. The van der Waals surface area contributed by atoms with Crippen LogP contribution in [0.3, 0.4) is 0 Å². The summed E-state index contributed by atoms with van der Waals surface area (Å²) >= 11 is 0. The number of rotatable bonds is 0. The maximum Gasteiger partial charge on any atom is 0.296 e. The Balaban J connectivity index is 1.77.